The van der Waals surface area contributed by atoms with Crippen molar-refractivity contribution >= 4 is 17.4 Å². The van der Waals surface area contributed by atoms with Crippen molar-refractivity contribution in [2.75, 3.05) is 64.1 Å². The molecule has 0 spiro atoms. The van der Waals surface area contributed by atoms with Gasteiger partial charge in [0.25, 0.3) is 0 Å². The molecule has 1 heterocycles. The molecule has 0 unspecified atom stereocenters. The lowest BCUT2D eigenvalue weighted by Gasteiger charge is -2.33. The number of benzene rings is 2. The Morgan fingerprint density at radius 1 is 1.07 bits per heavy atom. The molecule has 0 bridgehead atoms. The van der Waals surface area contributed by atoms with Crippen molar-refractivity contribution < 1.29 is 14.6 Å². The lowest BCUT2D eigenvalue weighted by atomic mass is 10.0. The van der Waals surface area contributed by atoms with Gasteiger partial charge in [0.2, 0.25) is 0 Å². The summed E-state index contributed by atoms with van der Waals surface area (Å²) in [6.45, 7) is 7.21. The van der Waals surface area contributed by atoms with Crippen LogP contribution in [0.25, 0.3) is 0 Å². The molecule has 29 heavy (non-hydrogen) atoms. The molecular formula is C23H35N5O+2. The van der Waals surface area contributed by atoms with E-state index in [-0.39, 0.29) is 12.1 Å². The van der Waals surface area contributed by atoms with E-state index in [0.717, 1.165) is 37.4 Å². The number of carbonyl (C=O) groups is 1. The zero-order chi connectivity index (χ0) is 20.8. The van der Waals surface area contributed by atoms with Crippen molar-refractivity contribution in [3.05, 3.63) is 59.7 Å². The van der Waals surface area contributed by atoms with Crippen molar-refractivity contribution in [1.29, 1.82) is 0 Å². The number of piperazine rings is 1. The van der Waals surface area contributed by atoms with Gasteiger partial charge in [0.1, 0.15) is 32.2 Å². The quantitative estimate of drug-likeness (QED) is 0.568. The summed E-state index contributed by atoms with van der Waals surface area (Å²) in [7, 11) is 6.36. The van der Waals surface area contributed by atoms with Crippen LogP contribution < -0.4 is 25.3 Å². The van der Waals surface area contributed by atoms with Crippen molar-refractivity contribution in [3.63, 3.8) is 0 Å². The Bertz CT molecular complexity index is 797. The Kier molecular flexibility index (Phi) is 7.12. The maximum absolute atomic E-state index is 12.5. The van der Waals surface area contributed by atoms with E-state index in [1.165, 1.54) is 11.3 Å². The van der Waals surface area contributed by atoms with Crippen LogP contribution in [-0.4, -0.2) is 59.9 Å². The van der Waals surface area contributed by atoms with Gasteiger partial charge in [-0.2, -0.15) is 0 Å². The Balaban J connectivity index is 1.68. The highest BCUT2D eigenvalue weighted by Gasteiger charge is 2.29. The maximum Gasteiger partial charge on any atom is 0.319 e. The molecule has 2 aromatic carbocycles. The van der Waals surface area contributed by atoms with Crippen LogP contribution in [0.5, 0.6) is 0 Å². The van der Waals surface area contributed by atoms with Crippen LogP contribution in [0.1, 0.15) is 17.2 Å². The molecule has 0 radical (unpaired) electrons. The second-order valence-corrected chi connectivity index (χ2v) is 8.36. The molecule has 2 aromatic rings. The summed E-state index contributed by atoms with van der Waals surface area (Å²) in [4.78, 5) is 17.7. The summed E-state index contributed by atoms with van der Waals surface area (Å²) in [5, 5.41) is 6.06. The zero-order valence-electron chi connectivity index (χ0n) is 18.1. The first-order valence-electron chi connectivity index (χ1n) is 10.5. The Morgan fingerprint density at radius 2 is 1.76 bits per heavy atom. The van der Waals surface area contributed by atoms with Crippen molar-refractivity contribution in [2.45, 2.75) is 13.0 Å². The van der Waals surface area contributed by atoms with Crippen LogP contribution in [0.4, 0.5) is 16.2 Å². The van der Waals surface area contributed by atoms with Crippen LogP contribution in [0.2, 0.25) is 0 Å². The predicted molar refractivity (Wildman–Crippen MR) is 119 cm³/mol. The highest BCUT2D eigenvalue weighted by Crippen LogP contribution is 2.16. The van der Waals surface area contributed by atoms with E-state index in [2.05, 4.69) is 60.9 Å². The number of amides is 2. The topological polar surface area (TPSA) is 53.2 Å². The van der Waals surface area contributed by atoms with E-state index in [0.29, 0.717) is 6.54 Å². The molecule has 0 saturated carbocycles. The summed E-state index contributed by atoms with van der Waals surface area (Å²) < 4.78 is 0. The van der Waals surface area contributed by atoms with Gasteiger partial charge in [-0.1, -0.05) is 24.3 Å². The Morgan fingerprint density at radius 3 is 2.38 bits per heavy atom. The lowest BCUT2D eigenvalue weighted by molar-refractivity contribution is -1.02. The number of hydrogen-bond donors (Lipinski definition) is 4. The third-order valence-corrected chi connectivity index (χ3v) is 5.79. The molecule has 6 heteroatoms. The number of hydrogen-bond acceptors (Lipinski definition) is 2. The van der Waals surface area contributed by atoms with Gasteiger partial charge in [-0.15, -0.1) is 0 Å². The Hall–Kier alpha value is -2.57. The number of aryl methyl sites for hydroxylation is 1. The number of quaternary nitrogens is 2. The first-order chi connectivity index (χ1) is 13.9. The third-order valence-electron chi connectivity index (χ3n) is 5.79. The van der Waals surface area contributed by atoms with E-state index in [1.807, 2.05) is 31.2 Å². The summed E-state index contributed by atoms with van der Waals surface area (Å²) in [5.74, 6) is 0. The molecule has 0 aliphatic carbocycles. The molecule has 6 nitrogen and oxygen atoms in total. The molecule has 1 saturated heterocycles. The van der Waals surface area contributed by atoms with Gasteiger partial charge < -0.3 is 25.3 Å². The second-order valence-electron chi connectivity index (χ2n) is 8.36. The van der Waals surface area contributed by atoms with E-state index in [4.69, 9.17) is 0 Å². The van der Waals surface area contributed by atoms with Gasteiger partial charge in [-0.25, -0.2) is 4.79 Å². The fraction of sp³-hybridized carbons (Fsp3) is 0.435. The number of nitrogens with zero attached hydrogens (tertiary/aromatic N) is 1. The Labute approximate surface area is 174 Å². The van der Waals surface area contributed by atoms with E-state index >= 15 is 0 Å². The van der Waals surface area contributed by atoms with Crippen LogP contribution >= 0.6 is 0 Å². The molecule has 3 rings (SSSR count). The number of rotatable bonds is 6. The van der Waals surface area contributed by atoms with Crippen LogP contribution in [0.3, 0.4) is 0 Å². The van der Waals surface area contributed by atoms with Crippen molar-refractivity contribution in [2.24, 2.45) is 0 Å². The highest BCUT2D eigenvalue weighted by molar-refractivity contribution is 5.89. The molecule has 4 N–H and O–H groups in total. The average molecular weight is 398 g/mol. The summed E-state index contributed by atoms with van der Waals surface area (Å²) >= 11 is 0. The number of carbonyl (C=O) groups excluding carboxylic acids is 1. The molecule has 1 atom stereocenters. The maximum atomic E-state index is 12.5. The molecule has 1 aliphatic heterocycles. The fourth-order valence-corrected chi connectivity index (χ4v) is 3.94. The van der Waals surface area contributed by atoms with Gasteiger partial charge in [0.15, 0.2) is 0 Å². The van der Waals surface area contributed by atoms with Gasteiger partial charge in [-0.3, -0.25) is 0 Å². The minimum absolute atomic E-state index is 0.148. The van der Waals surface area contributed by atoms with Gasteiger partial charge in [0.05, 0.1) is 13.6 Å². The summed E-state index contributed by atoms with van der Waals surface area (Å²) in [6, 6.07) is 16.7. The third kappa shape index (κ3) is 5.95. The summed E-state index contributed by atoms with van der Waals surface area (Å²) in [6.07, 6.45) is 0. The van der Waals surface area contributed by atoms with Crippen molar-refractivity contribution in [3.8, 4) is 0 Å². The average Bonchev–Trinajstić information content (AvgIpc) is 2.70. The molecule has 1 fully saturated rings. The zero-order valence-corrected chi connectivity index (χ0v) is 18.1. The second kappa shape index (κ2) is 9.76. The SMILES string of the molecule is Cc1cccc(NC(=O)NC[C@@H](c2ccc(N(C)C)cc2)[NH+]2CC[NH+](C)CC2)c1. The van der Waals surface area contributed by atoms with E-state index in [9.17, 15) is 4.79 Å². The fourth-order valence-electron chi connectivity index (χ4n) is 3.94. The van der Waals surface area contributed by atoms with E-state index < -0.39 is 0 Å². The van der Waals surface area contributed by atoms with Crippen LogP contribution in [-0.2, 0) is 0 Å². The predicted octanol–water partition coefficient (Wildman–Crippen LogP) is 0.337. The first-order valence-corrected chi connectivity index (χ1v) is 10.5. The molecular weight excluding hydrogens is 362 g/mol. The molecule has 156 valence electrons. The van der Waals surface area contributed by atoms with Crippen LogP contribution in [0.15, 0.2) is 48.5 Å². The number of urea groups is 1. The van der Waals surface area contributed by atoms with Crippen molar-refractivity contribution in [1.82, 2.24) is 5.32 Å². The number of anilines is 2. The minimum Gasteiger partial charge on any atom is -0.378 e. The van der Waals surface area contributed by atoms with Crippen LogP contribution in [0, 0.1) is 6.92 Å². The standard InChI is InChI=1S/C23H33N5O/c1-18-6-5-7-20(16-18)25-23(29)24-17-22(28-14-12-27(4)13-15-28)19-8-10-21(11-9-19)26(2)3/h5-11,16,22H,12-15,17H2,1-4H3,(H2,24,25,29)/p+2/t22-/m0/s1. The number of likely N-dealkylation sites (N-methyl/N-ethyl adjacent to an activating group) is 1. The smallest absolute Gasteiger partial charge is 0.319 e. The lowest BCUT2D eigenvalue weighted by Crippen LogP contribution is -3.27. The highest BCUT2D eigenvalue weighted by atomic mass is 16.2. The minimum atomic E-state index is -0.148. The van der Waals surface area contributed by atoms with Gasteiger partial charge in [0, 0.05) is 31.0 Å². The monoisotopic (exact) mass is 397 g/mol. The van der Waals surface area contributed by atoms with Gasteiger partial charge in [-0.05, 0) is 36.8 Å². The van der Waals surface area contributed by atoms with Gasteiger partial charge >= 0.3 is 6.03 Å². The molecule has 0 aromatic heterocycles. The first kappa shape index (κ1) is 21.1. The molecule has 2 amide bonds. The summed E-state index contributed by atoms with van der Waals surface area (Å²) in [5.41, 5.74) is 4.42. The largest absolute Gasteiger partial charge is 0.378 e. The molecule has 1 aliphatic rings. The van der Waals surface area contributed by atoms with E-state index in [1.54, 1.807) is 9.80 Å². The number of nitrogens with one attached hydrogen (secondary N) is 4. The normalized spacial score (nSPS) is 20.0.